The van der Waals surface area contributed by atoms with Crippen LogP contribution < -0.4 is 10.5 Å². The van der Waals surface area contributed by atoms with Crippen molar-refractivity contribution in [1.82, 2.24) is 8.61 Å². The highest BCUT2D eigenvalue weighted by molar-refractivity contribution is 7.89. The molecule has 2 N–H and O–H groups in total. The number of hydrogen-bond donors (Lipinski definition) is 1. The maximum atomic E-state index is 12.7. The van der Waals surface area contributed by atoms with Gasteiger partial charge >= 0.3 is 0 Å². The summed E-state index contributed by atoms with van der Waals surface area (Å²) in [5, 5.41) is 0. The van der Waals surface area contributed by atoms with Gasteiger partial charge in [0.15, 0.2) is 0 Å². The highest BCUT2D eigenvalue weighted by Crippen LogP contribution is 2.25. The summed E-state index contributed by atoms with van der Waals surface area (Å²) in [5.74, 6) is -0.617. The van der Waals surface area contributed by atoms with E-state index < -0.39 is 26.0 Å². The van der Waals surface area contributed by atoms with Gasteiger partial charge in [0, 0.05) is 26.2 Å². The Balaban J connectivity index is 2.29. The van der Waals surface area contributed by atoms with Crippen LogP contribution in [0.15, 0.2) is 23.1 Å². The number of carbonyl (C=O) groups excluding carboxylic acids is 1. The molecule has 0 aromatic heterocycles. The summed E-state index contributed by atoms with van der Waals surface area (Å²) in [5.41, 5.74) is 5.21. The first-order chi connectivity index (χ1) is 11.1. The summed E-state index contributed by atoms with van der Waals surface area (Å²) in [6.45, 7) is 0.231. The summed E-state index contributed by atoms with van der Waals surface area (Å²) < 4.78 is 55.8. The van der Waals surface area contributed by atoms with Gasteiger partial charge in [-0.3, -0.25) is 4.79 Å². The lowest BCUT2D eigenvalue weighted by Crippen LogP contribution is -2.50. The van der Waals surface area contributed by atoms with E-state index in [1.54, 1.807) is 0 Å². The average Bonchev–Trinajstić information content (AvgIpc) is 2.53. The first kappa shape index (κ1) is 18.6. The van der Waals surface area contributed by atoms with Crippen molar-refractivity contribution in [3.63, 3.8) is 0 Å². The van der Waals surface area contributed by atoms with Crippen LogP contribution in [0.5, 0.6) is 5.75 Å². The fraction of sp³-hybridized carbons (Fsp3) is 0.462. The lowest BCUT2D eigenvalue weighted by molar-refractivity contribution is 0.0997. The molecule has 1 amide bonds. The molecule has 0 radical (unpaired) electrons. The molecule has 0 aliphatic carbocycles. The van der Waals surface area contributed by atoms with Crippen LogP contribution in [0.3, 0.4) is 0 Å². The molecular weight excluding hydrogens is 358 g/mol. The van der Waals surface area contributed by atoms with Crippen molar-refractivity contribution in [2.45, 2.75) is 4.90 Å². The molecule has 11 heteroatoms. The minimum Gasteiger partial charge on any atom is -0.496 e. The van der Waals surface area contributed by atoms with Crippen LogP contribution in [0.4, 0.5) is 0 Å². The summed E-state index contributed by atoms with van der Waals surface area (Å²) in [6.07, 6.45) is 1.08. The lowest BCUT2D eigenvalue weighted by atomic mass is 10.2. The zero-order valence-corrected chi connectivity index (χ0v) is 14.9. The SMILES string of the molecule is COc1ccc(S(=O)(=O)N2CCN(S(C)(=O)=O)CC2)cc1C(N)=O. The molecule has 1 aromatic carbocycles. The van der Waals surface area contributed by atoms with Gasteiger partial charge in [0.05, 0.1) is 23.8 Å². The van der Waals surface area contributed by atoms with Gasteiger partial charge in [0.1, 0.15) is 5.75 Å². The molecule has 1 fully saturated rings. The fourth-order valence-corrected chi connectivity index (χ4v) is 4.71. The van der Waals surface area contributed by atoms with Crippen molar-refractivity contribution in [1.29, 1.82) is 0 Å². The first-order valence-corrected chi connectivity index (χ1v) is 10.3. The molecule has 1 aliphatic heterocycles. The number of benzene rings is 1. The maximum Gasteiger partial charge on any atom is 0.252 e. The number of nitrogens with two attached hydrogens (primary N) is 1. The predicted octanol–water partition coefficient (Wildman–Crippen LogP) is -0.940. The number of amides is 1. The second-order valence-electron chi connectivity index (χ2n) is 5.29. The monoisotopic (exact) mass is 377 g/mol. The van der Waals surface area contributed by atoms with Crippen molar-refractivity contribution in [3.05, 3.63) is 23.8 Å². The van der Waals surface area contributed by atoms with Crippen molar-refractivity contribution in [2.75, 3.05) is 39.5 Å². The van der Waals surface area contributed by atoms with Crippen LogP contribution in [0, 0.1) is 0 Å². The molecule has 9 nitrogen and oxygen atoms in total. The molecular formula is C13H19N3O6S2. The smallest absolute Gasteiger partial charge is 0.252 e. The third-order valence-electron chi connectivity index (χ3n) is 3.74. The van der Waals surface area contributed by atoms with Gasteiger partial charge in [-0.15, -0.1) is 0 Å². The summed E-state index contributed by atoms with van der Waals surface area (Å²) in [4.78, 5) is 11.4. The zero-order chi connectivity index (χ0) is 18.1. The molecule has 0 unspecified atom stereocenters. The molecule has 2 rings (SSSR count). The molecule has 1 saturated heterocycles. The van der Waals surface area contributed by atoms with Gasteiger partial charge in [-0.1, -0.05) is 0 Å². The Morgan fingerprint density at radius 2 is 1.62 bits per heavy atom. The van der Waals surface area contributed by atoms with E-state index in [0.29, 0.717) is 0 Å². The number of primary amides is 1. The topological polar surface area (TPSA) is 127 Å². The van der Waals surface area contributed by atoms with Crippen LogP contribution >= 0.6 is 0 Å². The Morgan fingerprint density at radius 1 is 1.08 bits per heavy atom. The third-order valence-corrected chi connectivity index (χ3v) is 6.94. The summed E-state index contributed by atoms with van der Waals surface area (Å²) in [7, 11) is -5.87. The number of rotatable bonds is 5. The average molecular weight is 377 g/mol. The van der Waals surface area contributed by atoms with E-state index >= 15 is 0 Å². The third kappa shape index (κ3) is 3.69. The minimum absolute atomic E-state index is 0.0339. The number of sulfonamides is 2. The number of carbonyl (C=O) groups is 1. The number of methoxy groups -OCH3 is 1. The van der Waals surface area contributed by atoms with Gasteiger partial charge in [-0.2, -0.15) is 8.61 Å². The zero-order valence-electron chi connectivity index (χ0n) is 13.3. The van der Waals surface area contributed by atoms with Gasteiger partial charge in [-0.05, 0) is 18.2 Å². The molecule has 0 atom stereocenters. The standard InChI is InChI=1S/C13H19N3O6S2/c1-22-12-4-3-10(9-11(12)13(14)17)24(20,21)16-7-5-15(6-8-16)23(2,18)19/h3-4,9H,5-8H2,1-2H3,(H2,14,17). The molecule has 1 heterocycles. The van der Waals surface area contributed by atoms with Crippen LogP contribution in [0.1, 0.15) is 10.4 Å². The van der Waals surface area contributed by atoms with Crippen molar-refractivity contribution >= 4 is 26.0 Å². The molecule has 0 saturated carbocycles. The van der Waals surface area contributed by atoms with E-state index in [9.17, 15) is 21.6 Å². The van der Waals surface area contributed by atoms with E-state index in [-0.39, 0.29) is 42.4 Å². The highest BCUT2D eigenvalue weighted by atomic mass is 32.2. The van der Waals surface area contributed by atoms with E-state index in [4.69, 9.17) is 10.5 Å². The van der Waals surface area contributed by atoms with Gasteiger partial charge in [-0.25, -0.2) is 16.8 Å². The normalized spacial score (nSPS) is 17.6. The quantitative estimate of drug-likeness (QED) is 0.705. The van der Waals surface area contributed by atoms with Crippen LogP contribution in [0.2, 0.25) is 0 Å². The van der Waals surface area contributed by atoms with Crippen LogP contribution in [-0.4, -0.2) is 70.9 Å². The largest absolute Gasteiger partial charge is 0.496 e. The van der Waals surface area contributed by atoms with Crippen LogP contribution in [0.25, 0.3) is 0 Å². The molecule has 1 aliphatic rings. The molecule has 0 bridgehead atoms. The van der Waals surface area contributed by atoms with Crippen molar-refractivity contribution in [3.8, 4) is 5.75 Å². The number of ether oxygens (including phenoxy) is 1. The second-order valence-corrected chi connectivity index (χ2v) is 9.21. The lowest BCUT2D eigenvalue weighted by Gasteiger charge is -2.32. The Bertz CT molecular complexity index is 842. The van der Waals surface area contributed by atoms with Crippen LogP contribution in [-0.2, 0) is 20.0 Å². The van der Waals surface area contributed by atoms with Gasteiger partial charge in [0.25, 0.3) is 5.91 Å². The maximum absolute atomic E-state index is 12.7. The summed E-state index contributed by atoms with van der Waals surface area (Å²) in [6, 6.07) is 3.85. The molecule has 0 spiro atoms. The summed E-state index contributed by atoms with van der Waals surface area (Å²) >= 11 is 0. The van der Waals surface area contributed by atoms with E-state index in [0.717, 1.165) is 6.26 Å². The fourth-order valence-electron chi connectivity index (χ4n) is 2.43. The minimum atomic E-state index is -3.86. The van der Waals surface area contributed by atoms with Crippen molar-refractivity contribution in [2.24, 2.45) is 5.73 Å². The molecule has 24 heavy (non-hydrogen) atoms. The number of nitrogens with zero attached hydrogens (tertiary/aromatic N) is 2. The predicted molar refractivity (Wildman–Crippen MR) is 86.7 cm³/mol. The Labute approximate surface area is 141 Å². The Morgan fingerprint density at radius 3 is 2.08 bits per heavy atom. The van der Waals surface area contributed by atoms with E-state index in [2.05, 4.69) is 0 Å². The van der Waals surface area contributed by atoms with Crippen molar-refractivity contribution < 1.29 is 26.4 Å². The number of piperazine rings is 1. The first-order valence-electron chi connectivity index (χ1n) is 7.00. The molecule has 1 aromatic rings. The van der Waals surface area contributed by atoms with Gasteiger partial charge in [0.2, 0.25) is 20.0 Å². The van der Waals surface area contributed by atoms with Gasteiger partial charge < -0.3 is 10.5 Å². The Kier molecular flexibility index (Phi) is 5.18. The number of hydrogen-bond acceptors (Lipinski definition) is 6. The molecule has 134 valence electrons. The highest BCUT2D eigenvalue weighted by Gasteiger charge is 2.32. The second kappa shape index (κ2) is 6.67. The van der Waals surface area contributed by atoms with E-state index in [1.165, 1.54) is 33.9 Å². The van der Waals surface area contributed by atoms with E-state index in [1.807, 2.05) is 0 Å². The Hall–Kier alpha value is -1.69.